The number of esters is 1. The lowest BCUT2D eigenvalue weighted by Crippen LogP contribution is -2.01. The number of hydrogen-bond acceptors (Lipinski definition) is 6. The molecule has 0 amide bonds. The number of benzene rings is 1. The Bertz CT molecular complexity index is 497. The van der Waals surface area contributed by atoms with E-state index in [2.05, 4.69) is 14.9 Å². The zero-order valence-electron chi connectivity index (χ0n) is 9.83. The van der Waals surface area contributed by atoms with Gasteiger partial charge in [-0.15, -0.1) is 10.2 Å². The normalized spacial score (nSPS) is 10.3. The van der Waals surface area contributed by atoms with E-state index in [0.29, 0.717) is 5.56 Å². The van der Waals surface area contributed by atoms with E-state index in [1.807, 2.05) is 12.1 Å². The first kappa shape index (κ1) is 13.0. The molecule has 0 fully saturated rings. The van der Waals surface area contributed by atoms with Gasteiger partial charge >= 0.3 is 5.97 Å². The Hall–Kier alpha value is -1.40. The maximum absolute atomic E-state index is 11.3. The zero-order chi connectivity index (χ0) is 12.8. The topological polar surface area (TPSA) is 52.1 Å². The summed E-state index contributed by atoms with van der Waals surface area (Å²) in [6.45, 7) is 0. The molecule has 18 heavy (non-hydrogen) atoms. The van der Waals surface area contributed by atoms with Crippen molar-refractivity contribution in [2.24, 2.45) is 0 Å². The molecule has 2 aromatic rings. The van der Waals surface area contributed by atoms with Crippen LogP contribution in [0.3, 0.4) is 0 Å². The highest BCUT2D eigenvalue weighted by Gasteiger charge is 2.04. The molecular weight excluding hydrogens is 268 g/mol. The summed E-state index contributed by atoms with van der Waals surface area (Å²) in [7, 11) is 1.38. The Kier molecular flexibility index (Phi) is 4.72. The standard InChI is InChI=1S/C12H12N2O2S2/c1-16-11(15)10-4-2-9(3-5-10)6-7-17-12-14-13-8-18-12/h2-5,8H,6-7H2,1H3. The zero-order valence-corrected chi connectivity index (χ0v) is 11.5. The van der Waals surface area contributed by atoms with E-state index in [1.54, 1.807) is 40.7 Å². The van der Waals surface area contributed by atoms with Crippen LogP contribution in [-0.4, -0.2) is 29.0 Å². The van der Waals surface area contributed by atoms with Crippen LogP contribution in [0.25, 0.3) is 0 Å². The molecule has 0 saturated carbocycles. The highest BCUT2D eigenvalue weighted by Crippen LogP contribution is 2.20. The number of thioether (sulfide) groups is 1. The van der Waals surface area contributed by atoms with Gasteiger partial charge in [-0.05, 0) is 24.1 Å². The maximum atomic E-state index is 11.3. The number of methoxy groups -OCH3 is 1. The number of hydrogen-bond donors (Lipinski definition) is 0. The van der Waals surface area contributed by atoms with Crippen LogP contribution < -0.4 is 0 Å². The van der Waals surface area contributed by atoms with Crippen LogP contribution >= 0.6 is 23.1 Å². The second-order valence-corrected chi connectivity index (χ2v) is 5.67. The van der Waals surface area contributed by atoms with Gasteiger partial charge < -0.3 is 4.74 Å². The van der Waals surface area contributed by atoms with Crippen molar-refractivity contribution in [3.05, 3.63) is 40.9 Å². The monoisotopic (exact) mass is 280 g/mol. The van der Waals surface area contributed by atoms with Gasteiger partial charge in [0.25, 0.3) is 0 Å². The van der Waals surface area contributed by atoms with E-state index < -0.39 is 0 Å². The Labute approximate surface area is 113 Å². The summed E-state index contributed by atoms with van der Waals surface area (Å²) in [4.78, 5) is 11.3. The van der Waals surface area contributed by atoms with Gasteiger partial charge in [0.1, 0.15) is 5.51 Å². The summed E-state index contributed by atoms with van der Waals surface area (Å²) in [5.41, 5.74) is 3.51. The van der Waals surface area contributed by atoms with Crippen molar-refractivity contribution in [3.63, 3.8) is 0 Å². The summed E-state index contributed by atoms with van der Waals surface area (Å²) in [6.07, 6.45) is 0.936. The Morgan fingerprint density at radius 2 is 2.17 bits per heavy atom. The maximum Gasteiger partial charge on any atom is 0.337 e. The molecule has 0 unspecified atom stereocenters. The fourth-order valence-corrected chi connectivity index (χ4v) is 2.95. The number of nitrogens with zero attached hydrogens (tertiary/aromatic N) is 2. The molecular formula is C12H12N2O2S2. The number of aromatic nitrogens is 2. The summed E-state index contributed by atoms with van der Waals surface area (Å²) in [5.74, 6) is 0.650. The van der Waals surface area contributed by atoms with Gasteiger partial charge in [-0.1, -0.05) is 35.2 Å². The van der Waals surface area contributed by atoms with Crippen LogP contribution in [0.2, 0.25) is 0 Å². The van der Waals surface area contributed by atoms with Crippen molar-refractivity contribution >= 4 is 29.1 Å². The molecule has 0 radical (unpaired) electrons. The molecule has 0 N–H and O–H groups in total. The third-order valence-electron chi connectivity index (χ3n) is 2.33. The second kappa shape index (κ2) is 6.51. The molecule has 2 rings (SSSR count). The molecule has 1 aromatic heterocycles. The van der Waals surface area contributed by atoms with Gasteiger partial charge in [0.15, 0.2) is 4.34 Å². The lowest BCUT2D eigenvalue weighted by Gasteiger charge is -2.02. The van der Waals surface area contributed by atoms with Crippen LogP contribution in [0.4, 0.5) is 0 Å². The molecule has 0 aliphatic heterocycles. The third kappa shape index (κ3) is 3.54. The number of carbonyl (C=O) groups is 1. The molecule has 0 bridgehead atoms. The van der Waals surface area contributed by atoms with Crippen LogP contribution in [0, 0.1) is 0 Å². The van der Waals surface area contributed by atoms with Crippen molar-refractivity contribution in [1.29, 1.82) is 0 Å². The Balaban J connectivity index is 1.85. The van der Waals surface area contributed by atoms with Crippen molar-refractivity contribution in [3.8, 4) is 0 Å². The lowest BCUT2D eigenvalue weighted by molar-refractivity contribution is 0.0600. The molecule has 94 valence electrons. The van der Waals surface area contributed by atoms with Crippen LogP contribution in [-0.2, 0) is 11.2 Å². The van der Waals surface area contributed by atoms with Crippen molar-refractivity contribution in [2.45, 2.75) is 10.8 Å². The second-order valence-electron chi connectivity index (χ2n) is 3.49. The fourth-order valence-electron chi connectivity index (χ4n) is 1.41. The quantitative estimate of drug-likeness (QED) is 0.622. The predicted octanol–water partition coefficient (Wildman–Crippen LogP) is 2.66. The number of carbonyl (C=O) groups excluding carboxylic acids is 1. The number of aryl methyl sites for hydroxylation is 1. The van der Waals surface area contributed by atoms with Crippen molar-refractivity contribution in [2.75, 3.05) is 12.9 Å². The predicted molar refractivity (Wildman–Crippen MR) is 72.1 cm³/mol. The Morgan fingerprint density at radius 3 is 2.78 bits per heavy atom. The summed E-state index contributed by atoms with van der Waals surface area (Å²) in [6, 6.07) is 7.48. The molecule has 1 aromatic carbocycles. The molecule has 6 heteroatoms. The lowest BCUT2D eigenvalue weighted by atomic mass is 10.1. The van der Waals surface area contributed by atoms with Gasteiger partial charge in [0.2, 0.25) is 0 Å². The van der Waals surface area contributed by atoms with E-state index in [0.717, 1.165) is 16.5 Å². The average Bonchev–Trinajstić information content (AvgIpc) is 2.92. The molecule has 0 atom stereocenters. The third-order valence-corrected chi connectivity index (χ3v) is 4.19. The highest BCUT2D eigenvalue weighted by atomic mass is 32.2. The van der Waals surface area contributed by atoms with Crippen LogP contribution in [0.5, 0.6) is 0 Å². The van der Waals surface area contributed by atoms with Gasteiger partial charge in [-0.2, -0.15) is 0 Å². The minimum atomic E-state index is -0.301. The van der Waals surface area contributed by atoms with E-state index in [9.17, 15) is 4.79 Å². The smallest absolute Gasteiger partial charge is 0.337 e. The number of ether oxygens (including phenoxy) is 1. The average molecular weight is 280 g/mol. The van der Waals surface area contributed by atoms with Crippen molar-refractivity contribution in [1.82, 2.24) is 10.2 Å². The minimum absolute atomic E-state index is 0.301. The molecule has 0 aliphatic rings. The first-order valence-electron chi connectivity index (χ1n) is 5.36. The molecule has 0 saturated heterocycles. The summed E-state index contributed by atoms with van der Waals surface area (Å²) >= 11 is 3.24. The first-order chi connectivity index (χ1) is 8.79. The van der Waals surface area contributed by atoms with Crippen LogP contribution in [0.1, 0.15) is 15.9 Å². The largest absolute Gasteiger partial charge is 0.465 e. The highest BCUT2D eigenvalue weighted by molar-refractivity contribution is 8.00. The van der Waals surface area contributed by atoms with Gasteiger partial charge in [0.05, 0.1) is 12.7 Å². The number of rotatable bonds is 5. The molecule has 4 nitrogen and oxygen atoms in total. The van der Waals surface area contributed by atoms with Gasteiger partial charge in [0, 0.05) is 5.75 Å². The van der Waals surface area contributed by atoms with Gasteiger partial charge in [-0.3, -0.25) is 0 Å². The van der Waals surface area contributed by atoms with E-state index in [1.165, 1.54) is 12.7 Å². The Morgan fingerprint density at radius 1 is 1.39 bits per heavy atom. The van der Waals surface area contributed by atoms with Gasteiger partial charge in [-0.25, -0.2) is 4.79 Å². The van der Waals surface area contributed by atoms with Crippen molar-refractivity contribution < 1.29 is 9.53 Å². The molecule has 0 spiro atoms. The minimum Gasteiger partial charge on any atom is -0.465 e. The van der Waals surface area contributed by atoms with Crippen LogP contribution in [0.15, 0.2) is 34.1 Å². The van der Waals surface area contributed by atoms with E-state index >= 15 is 0 Å². The summed E-state index contributed by atoms with van der Waals surface area (Å²) < 4.78 is 5.64. The fraction of sp³-hybridized carbons (Fsp3) is 0.250. The van der Waals surface area contributed by atoms with E-state index in [-0.39, 0.29) is 5.97 Å². The summed E-state index contributed by atoms with van der Waals surface area (Å²) in [5, 5.41) is 7.75. The SMILES string of the molecule is COC(=O)c1ccc(CCSc2nncs2)cc1. The first-order valence-corrected chi connectivity index (χ1v) is 7.22. The molecule has 1 heterocycles. The van der Waals surface area contributed by atoms with E-state index in [4.69, 9.17) is 0 Å². The molecule has 0 aliphatic carbocycles.